The molecule has 88 valence electrons. The van der Waals surface area contributed by atoms with E-state index in [9.17, 15) is 4.79 Å². The summed E-state index contributed by atoms with van der Waals surface area (Å²) >= 11 is 3.86. The van der Waals surface area contributed by atoms with Crippen LogP contribution in [0.5, 0.6) is 0 Å². The van der Waals surface area contributed by atoms with Crippen molar-refractivity contribution in [3.63, 3.8) is 0 Å². The van der Waals surface area contributed by atoms with Gasteiger partial charge in [0.25, 0.3) is 0 Å². The Labute approximate surface area is 103 Å². The Kier molecular flexibility index (Phi) is 1.71. The van der Waals surface area contributed by atoms with E-state index >= 15 is 0 Å². The van der Waals surface area contributed by atoms with Crippen LogP contribution in [-0.2, 0) is 14.3 Å². The number of hydrogen-bond donors (Lipinski definition) is 0. The fourth-order valence-corrected chi connectivity index (χ4v) is 6.27. The Morgan fingerprint density at radius 1 is 1.19 bits per heavy atom. The monoisotopic (exact) mass is 286 g/mol. The van der Waals surface area contributed by atoms with Gasteiger partial charge in [0.1, 0.15) is 6.29 Å². The molecule has 5 fully saturated rings. The van der Waals surface area contributed by atoms with Crippen LogP contribution >= 0.6 is 15.9 Å². The fourth-order valence-electron chi connectivity index (χ4n) is 4.80. The van der Waals surface area contributed by atoms with Gasteiger partial charge in [-0.3, -0.25) is 0 Å². The molecule has 0 aromatic heterocycles. The van der Waals surface area contributed by atoms with Crippen molar-refractivity contribution in [3.8, 4) is 0 Å². The molecule has 1 heterocycles. The van der Waals surface area contributed by atoms with Gasteiger partial charge in [-0.2, -0.15) is 0 Å². The van der Waals surface area contributed by atoms with Crippen LogP contribution in [0.2, 0.25) is 0 Å². The Morgan fingerprint density at radius 3 is 2.50 bits per heavy atom. The number of carbonyl (C=O) groups excluding carboxylic acids is 1. The van der Waals surface area contributed by atoms with Crippen molar-refractivity contribution < 1.29 is 14.3 Å². The minimum Gasteiger partial charge on any atom is -0.346 e. The molecule has 0 radical (unpaired) electrons. The van der Waals surface area contributed by atoms with E-state index in [4.69, 9.17) is 9.47 Å². The van der Waals surface area contributed by atoms with Crippen LogP contribution in [-0.4, -0.2) is 29.6 Å². The zero-order valence-electron chi connectivity index (χ0n) is 9.08. The Bertz CT molecular complexity index is 365. The van der Waals surface area contributed by atoms with Crippen molar-refractivity contribution in [2.24, 2.45) is 17.3 Å². The SMILES string of the molecule is O=CC12CC3CC1CC(Br)(C2)C31OCCO1. The predicted octanol–water partition coefficient (Wildman–Crippen LogP) is 1.88. The molecule has 5 aliphatic rings. The summed E-state index contributed by atoms with van der Waals surface area (Å²) in [5.74, 6) is 0.534. The first-order chi connectivity index (χ1) is 7.64. The maximum absolute atomic E-state index is 11.4. The lowest BCUT2D eigenvalue weighted by Crippen LogP contribution is -2.58. The Balaban J connectivity index is 1.83. The highest BCUT2D eigenvalue weighted by atomic mass is 79.9. The molecule has 5 rings (SSSR count). The van der Waals surface area contributed by atoms with Gasteiger partial charge in [-0.25, -0.2) is 0 Å². The molecule has 0 N–H and O–H groups in total. The zero-order chi connectivity index (χ0) is 11.0. The number of rotatable bonds is 1. The second-order valence-electron chi connectivity index (χ2n) is 5.90. The first-order valence-electron chi connectivity index (χ1n) is 6.07. The van der Waals surface area contributed by atoms with E-state index in [1.54, 1.807) is 0 Å². The molecule has 1 saturated heterocycles. The van der Waals surface area contributed by atoms with Crippen LogP contribution in [0.1, 0.15) is 25.7 Å². The average molecular weight is 287 g/mol. The van der Waals surface area contributed by atoms with E-state index in [-0.39, 0.29) is 9.74 Å². The first-order valence-corrected chi connectivity index (χ1v) is 6.87. The van der Waals surface area contributed by atoms with Gasteiger partial charge in [-0.05, 0) is 31.6 Å². The Hall–Kier alpha value is 0.0700. The van der Waals surface area contributed by atoms with Gasteiger partial charge in [0.05, 0.1) is 17.5 Å². The smallest absolute Gasteiger partial charge is 0.186 e. The molecule has 1 spiro atoms. The van der Waals surface area contributed by atoms with E-state index in [0.29, 0.717) is 25.0 Å². The normalized spacial score (nSPS) is 56.3. The first kappa shape index (κ1) is 10.0. The molecule has 4 unspecified atom stereocenters. The predicted molar refractivity (Wildman–Crippen MR) is 60.2 cm³/mol. The second kappa shape index (κ2) is 2.73. The van der Waals surface area contributed by atoms with Crippen LogP contribution in [0, 0.1) is 17.3 Å². The minimum atomic E-state index is -0.424. The third-order valence-corrected chi connectivity index (χ3v) is 6.46. The van der Waals surface area contributed by atoms with Gasteiger partial charge in [-0.15, -0.1) is 0 Å². The summed E-state index contributed by atoms with van der Waals surface area (Å²) in [6.45, 7) is 1.39. The zero-order valence-corrected chi connectivity index (χ0v) is 10.7. The lowest BCUT2D eigenvalue weighted by molar-refractivity contribution is -0.232. The van der Waals surface area contributed by atoms with E-state index in [1.807, 2.05) is 0 Å². The minimum absolute atomic E-state index is 0.0747. The van der Waals surface area contributed by atoms with Crippen LogP contribution in [0.15, 0.2) is 0 Å². The molecular weight excluding hydrogens is 272 g/mol. The maximum atomic E-state index is 11.4. The standard InChI is InChI=1S/C12H15BrO3/c13-11-5-8-3-9(4-10(8,6-11)7-14)12(11)15-1-2-16-12/h7-9H,1-6H2. The third-order valence-electron chi connectivity index (χ3n) is 5.30. The Morgan fingerprint density at radius 2 is 1.94 bits per heavy atom. The van der Waals surface area contributed by atoms with Crippen LogP contribution in [0.4, 0.5) is 0 Å². The summed E-state index contributed by atoms with van der Waals surface area (Å²) < 4.78 is 11.8. The molecule has 4 bridgehead atoms. The molecule has 4 heteroatoms. The van der Waals surface area contributed by atoms with Gasteiger partial charge in [0.2, 0.25) is 0 Å². The number of ether oxygens (including phenoxy) is 2. The quantitative estimate of drug-likeness (QED) is 0.545. The van der Waals surface area contributed by atoms with E-state index < -0.39 is 5.79 Å². The highest BCUT2D eigenvalue weighted by Crippen LogP contribution is 2.73. The van der Waals surface area contributed by atoms with Gasteiger partial charge in [0.15, 0.2) is 5.79 Å². The van der Waals surface area contributed by atoms with Gasteiger partial charge in [0, 0.05) is 11.3 Å². The molecule has 16 heavy (non-hydrogen) atoms. The highest BCUT2D eigenvalue weighted by Gasteiger charge is 2.76. The molecular formula is C12H15BrO3. The number of aldehydes is 1. The summed E-state index contributed by atoms with van der Waals surface area (Å²) in [6.07, 6.45) is 5.20. The molecule has 0 amide bonds. The third kappa shape index (κ3) is 0.853. The summed E-state index contributed by atoms with van der Waals surface area (Å²) in [4.78, 5) is 11.4. The van der Waals surface area contributed by atoms with Crippen molar-refractivity contribution >= 4 is 22.2 Å². The number of halogens is 1. The summed E-state index contributed by atoms with van der Waals surface area (Å²) in [5, 5.41) is 0. The summed E-state index contributed by atoms with van der Waals surface area (Å²) in [5.41, 5.74) is -0.0747. The van der Waals surface area contributed by atoms with Crippen LogP contribution in [0.25, 0.3) is 0 Å². The summed E-state index contributed by atoms with van der Waals surface area (Å²) in [6, 6.07) is 0. The number of hydrogen-bond acceptors (Lipinski definition) is 3. The molecule has 0 aromatic rings. The van der Waals surface area contributed by atoms with Gasteiger partial charge < -0.3 is 14.3 Å². The van der Waals surface area contributed by atoms with Gasteiger partial charge >= 0.3 is 0 Å². The highest BCUT2D eigenvalue weighted by molar-refractivity contribution is 9.10. The lowest BCUT2D eigenvalue weighted by Gasteiger charge is -2.50. The van der Waals surface area contributed by atoms with Crippen LogP contribution in [0.3, 0.4) is 0 Å². The number of alkyl halides is 1. The van der Waals surface area contributed by atoms with Gasteiger partial charge in [-0.1, -0.05) is 15.9 Å². The van der Waals surface area contributed by atoms with Crippen molar-refractivity contribution in [1.29, 1.82) is 0 Å². The fraction of sp³-hybridized carbons (Fsp3) is 0.917. The number of carbonyl (C=O) groups is 1. The molecule has 4 aliphatic carbocycles. The molecule has 1 aliphatic heterocycles. The van der Waals surface area contributed by atoms with Crippen molar-refractivity contribution in [3.05, 3.63) is 0 Å². The van der Waals surface area contributed by atoms with Crippen molar-refractivity contribution in [1.82, 2.24) is 0 Å². The maximum Gasteiger partial charge on any atom is 0.186 e. The molecule has 4 saturated carbocycles. The van der Waals surface area contributed by atoms with E-state index in [1.165, 1.54) is 6.29 Å². The van der Waals surface area contributed by atoms with Crippen molar-refractivity contribution in [2.75, 3.05) is 13.2 Å². The molecule has 0 aromatic carbocycles. The molecule has 3 nitrogen and oxygen atoms in total. The van der Waals surface area contributed by atoms with E-state index in [0.717, 1.165) is 25.7 Å². The topological polar surface area (TPSA) is 35.5 Å². The lowest BCUT2D eigenvalue weighted by atomic mass is 9.72. The second-order valence-corrected chi connectivity index (χ2v) is 7.41. The molecule has 4 atom stereocenters. The van der Waals surface area contributed by atoms with Crippen LogP contribution < -0.4 is 0 Å². The summed E-state index contributed by atoms with van der Waals surface area (Å²) in [7, 11) is 0. The average Bonchev–Trinajstić information content (AvgIpc) is 2.85. The van der Waals surface area contributed by atoms with E-state index in [2.05, 4.69) is 15.9 Å². The largest absolute Gasteiger partial charge is 0.346 e. The van der Waals surface area contributed by atoms with Crippen molar-refractivity contribution in [2.45, 2.75) is 35.8 Å².